The second kappa shape index (κ2) is 5.61. The van der Waals surface area contributed by atoms with E-state index in [2.05, 4.69) is 11.1 Å². The molecule has 2 aromatic rings. The lowest BCUT2D eigenvalue weighted by atomic mass is 10.0. The lowest BCUT2D eigenvalue weighted by molar-refractivity contribution is -0.119. The van der Waals surface area contributed by atoms with Gasteiger partial charge in [-0.15, -0.1) is 0 Å². The number of aryl methyl sites for hydroxylation is 1. The predicted molar refractivity (Wildman–Crippen MR) is 86.1 cm³/mol. The fourth-order valence-corrected chi connectivity index (χ4v) is 2.81. The Labute approximate surface area is 128 Å². The van der Waals surface area contributed by atoms with Gasteiger partial charge in [-0.05, 0) is 24.1 Å². The van der Waals surface area contributed by atoms with Crippen molar-refractivity contribution in [3.05, 3.63) is 59.4 Å². The first kappa shape index (κ1) is 13.7. The molecular weight excluding hydrogens is 282 g/mol. The van der Waals surface area contributed by atoms with Gasteiger partial charge < -0.3 is 10.6 Å². The Bertz CT molecular complexity index is 714. The number of aromatic nitrogens is 1. The Morgan fingerprint density at radius 3 is 2.86 bits per heavy atom. The van der Waals surface area contributed by atoms with Crippen LogP contribution in [0.5, 0.6) is 0 Å². The number of carbonyl (C=O) groups is 1. The molecule has 0 atom stereocenters. The molecule has 0 radical (unpaired) electrons. The number of benzene rings is 1. The fourth-order valence-electron chi connectivity index (χ4n) is 2.63. The maximum absolute atomic E-state index is 12.3. The van der Waals surface area contributed by atoms with E-state index < -0.39 is 0 Å². The number of nitrogens with zero attached hydrogens (tertiary/aromatic N) is 2. The van der Waals surface area contributed by atoms with Gasteiger partial charge in [0.1, 0.15) is 10.7 Å². The van der Waals surface area contributed by atoms with Crippen LogP contribution < -0.4 is 10.6 Å². The number of para-hydroxylation sites is 1. The van der Waals surface area contributed by atoms with E-state index in [0.29, 0.717) is 18.7 Å². The summed E-state index contributed by atoms with van der Waals surface area (Å²) in [5.41, 5.74) is 9.33. The van der Waals surface area contributed by atoms with Gasteiger partial charge in [-0.25, -0.2) is 0 Å². The lowest BCUT2D eigenvalue weighted by Gasteiger charge is -2.29. The summed E-state index contributed by atoms with van der Waals surface area (Å²) in [6.07, 6.45) is 2.98. The van der Waals surface area contributed by atoms with Gasteiger partial charge >= 0.3 is 0 Å². The fraction of sp³-hybridized carbons (Fsp3) is 0.188. The number of fused-ring (bicyclic) bond motifs is 1. The number of rotatable bonds is 3. The van der Waals surface area contributed by atoms with E-state index in [4.69, 9.17) is 18.0 Å². The Hall–Kier alpha value is -2.27. The largest absolute Gasteiger partial charge is 0.388 e. The summed E-state index contributed by atoms with van der Waals surface area (Å²) in [5, 5.41) is 0. The van der Waals surface area contributed by atoms with Crippen LogP contribution in [-0.2, 0) is 17.8 Å². The minimum absolute atomic E-state index is 0.117. The molecule has 0 spiro atoms. The lowest BCUT2D eigenvalue weighted by Crippen LogP contribution is -2.35. The normalized spacial score (nSPS) is 13.9. The number of thiocarbonyl (C=S) groups is 1. The Balaban J connectivity index is 1.99. The van der Waals surface area contributed by atoms with Crippen molar-refractivity contribution in [1.82, 2.24) is 4.98 Å². The van der Waals surface area contributed by atoms with Gasteiger partial charge in [-0.2, -0.15) is 0 Å². The van der Waals surface area contributed by atoms with E-state index in [-0.39, 0.29) is 10.9 Å². The zero-order valence-electron chi connectivity index (χ0n) is 11.5. The summed E-state index contributed by atoms with van der Waals surface area (Å²) >= 11 is 5.04. The first-order valence-electron chi connectivity index (χ1n) is 6.79. The number of nitrogens with two attached hydrogens (primary N) is 1. The van der Waals surface area contributed by atoms with Crippen LogP contribution in [0.2, 0.25) is 0 Å². The van der Waals surface area contributed by atoms with Crippen LogP contribution in [0.4, 0.5) is 5.69 Å². The molecule has 21 heavy (non-hydrogen) atoms. The molecule has 5 heteroatoms. The summed E-state index contributed by atoms with van der Waals surface area (Å²) in [7, 11) is 0. The molecule has 0 saturated heterocycles. The Morgan fingerprint density at radius 1 is 1.24 bits per heavy atom. The Kier molecular flexibility index (Phi) is 3.66. The first-order valence-corrected chi connectivity index (χ1v) is 7.19. The zero-order valence-corrected chi connectivity index (χ0v) is 12.3. The van der Waals surface area contributed by atoms with Crippen molar-refractivity contribution in [3.63, 3.8) is 0 Å². The van der Waals surface area contributed by atoms with Crippen LogP contribution in [0.15, 0.2) is 42.6 Å². The minimum Gasteiger partial charge on any atom is -0.388 e. The average molecular weight is 297 g/mol. The summed E-state index contributed by atoms with van der Waals surface area (Å²) in [4.78, 5) is 18.5. The van der Waals surface area contributed by atoms with E-state index >= 15 is 0 Å². The van der Waals surface area contributed by atoms with E-state index in [9.17, 15) is 4.79 Å². The molecule has 1 aromatic carbocycles. The van der Waals surface area contributed by atoms with Gasteiger partial charge in [0.2, 0.25) is 5.91 Å². The number of pyridine rings is 1. The van der Waals surface area contributed by atoms with Crippen LogP contribution in [0, 0.1) is 0 Å². The molecule has 1 aliphatic rings. The third kappa shape index (κ3) is 2.64. The summed E-state index contributed by atoms with van der Waals surface area (Å²) in [5.74, 6) is 0.117. The van der Waals surface area contributed by atoms with Gasteiger partial charge in [0.25, 0.3) is 0 Å². The SMILES string of the molecule is NC(=S)c1ncccc1CN1C(=O)CCc2ccccc21. The van der Waals surface area contributed by atoms with Crippen LogP contribution in [0.1, 0.15) is 23.2 Å². The maximum atomic E-state index is 12.3. The monoisotopic (exact) mass is 297 g/mol. The Morgan fingerprint density at radius 2 is 2.05 bits per heavy atom. The molecule has 0 saturated carbocycles. The standard InChI is InChI=1S/C16H15N3OS/c17-16(21)15-12(5-3-9-18-15)10-19-13-6-2-1-4-11(13)7-8-14(19)20/h1-6,9H,7-8,10H2,(H2,17,21). The zero-order chi connectivity index (χ0) is 14.8. The highest BCUT2D eigenvalue weighted by atomic mass is 32.1. The molecular formula is C16H15N3OS. The number of amides is 1. The van der Waals surface area contributed by atoms with Crippen molar-refractivity contribution in [2.75, 3.05) is 4.90 Å². The molecule has 106 valence electrons. The van der Waals surface area contributed by atoms with Crippen molar-refractivity contribution in [3.8, 4) is 0 Å². The van der Waals surface area contributed by atoms with Gasteiger partial charge in [0.15, 0.2) is 0 Å². The molecule has 1 amide bonds. The molecule has 3 rings (SSSR count). The van der Waals surface area contributed by atoms with Gasteiger partial charge in [0.05, 0.1) is 6.54 Å². The smallest absolute Gasteiger partial charge is 0.227 e. The molecule has 0 aliphatic carbocycles. The van der Waals surface area contributed by atoms with Gasteiger partial charge in [-0.3, -0.25) is 9.78 Å². The van der Waals surface area contributed by atoms with Crippen LogP contribution in [-0.4, -0.2) is 15.9 Å². The molecule has 0 unspecified atom stereocenters. The minimum atomic E-state index is 0.117. The predicted octanol–water partition coefficient (Wildman–Crippen LogP) is 2.20. The number of hydrogen-bond acceptors (Lipinski definition) is 3. The van der Waals surface area contributed by atoms with Crippen LogP contribution in [0.3, 0.4) is 0 Å². The van der Waals surface area contributed by atoms with Crippen molar-refractivity contribution in [2.24, 2.45) is 5.73 Å². The highest BCUT2D eigenvalue weighted by Crippen LogP contribution is 2.29. The third-order valence-electron chi connectivity index (χ3n) is 3.64. The molecule has 1 aromatic heterocycles. The van der Waals surface area contributed by atoms with E-state index in [0.717, 1.165) is 17.7 Å². The molecule has 0 bridgehead atoms. The quantitative estimate of drug-likeness (QED) is 0.882. The third-order valence-corrected chi connectivity index (χ3v) is 3.84. The second-order valence-electron chi connectivity index (χ2n) is 4.98. The van der Waals surface area contributed by atoms with E-state index in [1.165, 1.54) is 5.56 Å². The van der Waals surface area contributed by atoms with Crippen LogP contribution in [0.25, 0.3) is 0 Å². The van der Waals surface area contributed by atoms with Crippen molar-refractivity contribution in [1.29, 1.82) is 0 Å². The van der Waals surface area contributed by atoms with Crippen LogP contribution >= 0.6 is 12.2 Å². The summed E-state index contributed by atoms with van der Waals surface area (Å²) < 4.78 is 0. The van der Waals surface area contributed by atoms with Crippen molar-refractivity contribution >= 4 is 28.8 Å². The highest BCUT2D eigenvalue weighted by Gasteiger charge is 2.24. The topological polar surface area (TPSA) is 59.2 Å². The van der Waals surface area contributed by atoms with Gasteiger partial charge in [-0.1, -0.05) is 36.5 Å². The van der Waals surface area contributed by atoms with Crippen molar-refractivity contribution < 1.29 is 4.79 Å². The van der Waals surface area contributed by atoms with E-state index in [1.807, 2.05) is 30.3 Å². The summed E-state index contributed by atoms with van der Waals surface area (Å²) in [6.45, 7) is 0.441. The molecule has 2 N–H and O–H groups in total. The molecule has 2 heterocycles. The van der Waals surface area contributed by atoms with Crippen molar-refractivity contribution in [2.45, 2.75) is 19.4 Å². The first-order chi connectivity index (χ1) is 10.2. The molecule has 4 nitrogen and oxygen atoms in total. The number of anilines is 1. The molecule has 1 aliphatic heterocycles. The average Bonchev–Trinajstić information content (AvgIpc) is 2.50. The highest BCUT2D eigenvalue weighted by molar-refractivity contribution is 7.80. The second-order valence-corrected chi connectivity index (χ2v) is 5.42. The van der Waals surface area contributed by atoms with Gasteiger partial charge in [0, 0.05) is 23.9 Å². The number of hydrogen-bond donors (Lipinski definition) is 1. The summed E-state index contributed by atoms with van der Waals surface area (Å²) in [6, 6.07) is 11.7. The number of carbonyl (C=O) groups excluding carboxylic acids is 1. The maximum Gasteiger partial charge on any atom is 0.227 e. The molecule has 0 fully saturated rings. The van der Waals surface area contributed by atoms with E-state index in [1.54, 1.807) is 11.1 Å².